The number of thioether (sulfide) groups is 1. The number of rotatable bonds is 6. The Bertz CT molecular complexity index is 689. The van der Waals surface area contributed by atoms with E-state index in [1.807, 2.05) is 30.3 Å². The summed E-state index contributed by atoms with van der Waals surface area (Å²) in [6.07, 6.45) is 2.17. The van der Waals surface area contributed by atoms with Crippen LogP contribution in [0.5, 0.6) is 0 Å². The summed E-state index contributed by atoms with van der Waals surface area (Å²) in [6, 6.07) is 18.4. The summed E-state index contributed by atoms with van der Waals surface area (Å²) >= 11 is 1.59. The molecule has 1 atom stereocenters. The molecule has 1 amide bonds. The van der Waals surface area contributed by atoms with Crippen molar-refractivity contribution in [2.75, 3.05) is 12.3 Å². The van der Waals surface area contributed by atoms with Crippen molar-refractivity contribution in [1.82, 2.24) is 5.32 Å². The first-order valence-electron chi connectivity index (χ1n) is 8.32. The summed E-state index contributed by atoms with van der Waals surface area (Å²) in [6.45, 7) is 0.325. The first-order valence-corrected chi connectivity index (χ1v) is 9.48. The lowest BCUT2D eigenvalue weighted by Crippen LogP contribution is -2.47. The third kappa shape index (κ3) is 4.62. The number of nitrogens with one attached hydrogen (secondary N) is 1. The molecule has 3 rings (SSSR count). The zero-order chi connectivity index (χ0) is 16.8. The molecule has 0 aliphatic heterocycles. The Morgan fingerprint density at radius 3 is 2.58 bits per heavy atom. The van der Waals surface area contributed by atoms with E-state index in [2.05, 4.69) is 29.6 Å². The molecule has 2 aromatic carbocycles. The second-order valence-corrected chi connectivity index (χ2v) is 7.41. The van der Waals surface area contributed by atoms with Crippen molar-refractivity contribution in [3.05, 3.63) is 71.3 Å². The summed E-state index contributed by atoms with van der Waals surface area (Å²) in [5.74, 6) is 1.23. The Morgan fingerprint density at radius 2 is 1.79 bits per heavy atom. The molecular weight excluding hydrogens is 318 g/mol. The normalized spacial score (nSPS) is 19.5. The van der Waals surface area contributed by atoms with Crippen molar-refractivity contribution < 1.29 is 9.90 Å². The number of amides is 1. The van der Waals surface area contributed by atoms with Gasteiger partial charge in [-0.15, -0.1) is 11.8 Å². The molecule has 1 aliphatic carbocycles. The minimum Gasteiger partial charge on any atom is -0.388 e. The zero-order valence-corrected chi connectivity index (χ0v) is 14.5. The van der Waals surface area contributed by atoms with Gasteiger partial charge in [0.15, 0.2) is 0 Å². The van der Waals surface area contributed by atoms with E-state index in [-0.39, 0.29) is 5.91 Å². The van der Waals surface area contributed by atoms with Crippen LogP contribution in [0.2, 0.25) is 0 Å². The Balaban J connectivity index is 1.43. The Labute approximate surface area is 147 Å². The first kappa shape index (κ1) is 17.1. The van der Waals surface area contributed by atoms with Gasteiger partial charge in [-0.1, -0.05) is 54.6 Å². The fourth-order valence-corrected chi connectivity index (χ4v) is 3.90. The van der Waals surface area contributed by atoms with Gasteiger partial charge in [-0.2, -0.15) is 0 Å². The second-order valence-electron chi connectivity index (χ2n) is 6.42. The molecule has 0 saturated carbocycles. The minimum atomic E-state index is -0.825. The molecule has 0 unspecified atom stereocenters. The Morgan fingerprint density at radius 1 is 1.08 bits per heavy atom. The number of carbonyl (C=O) groups is 1. The van der Waals surface area contributed by atoms with Gasteiger partial charge in [0.05, 0.1) is 11.4 Å². The number of benzene rings is 2. The molecule has 1 aliphatic rings. The molecule has 0 fully saturated rings. The average molecular weight is 341 g/mol. The third-order valence-electron chi connectivity index (χ3n) is 4.46. The van der Waals surface area contributed by atoms with Crippen LogP contribution in [0.15, 0.2) is 54.6 Å². The fraction of sp³-hybridized carbons (Fsp3) is 0.350. The maximum absolute atomic E-state index is 12.0. The topological polar surface area (TPSA) is 49.3 Å². The highest BCUT2D eigenvalue weighted by Gasteiger charge is 2.32. The highest BCUT2D eigenvalue weighted by atomic mass is 32.2. The van der Waals surface area contributed by atoms with Crippen molar-refractivity contribution in [3.8, 4) is 0 Å². The van der Waals surface area contributed by atoms with Crippen molar-refractivity contribution in [3.63, 3.8) is 0 Å². The number of hydrogen-bond donors (Lipinski definition) is 2. The summed E-state index contributed by atoms with van der Waals surface area (Å²) in [5.41, 5.74) is 2.90. The van der Waals surface area contributed by atoms with Gasteiger partial charge in [-0.05, 0) is 29.5 Å². The first-order chi connectivity index (χ1) is 11.6. The van der Waals surface area contributed by atoms with Gasteiger partial charge in [-0.25, -0.2) is 0 Å². The minimum absolute atomic E-state index is 0.0109. The number of aryl methyl sites for hydroxylation is 1. The van der Waals surface area contributed by atoms with E-state index in [9.17, 15) is 9.90 Å². The average Bonchev–Trinajstić information content (AvgIpc) is 2.61. The number of carbonyl (C=O) groups excluding carboxylic acids is 1. The van der Waals surface area contributed by atoms with Crippen LogP contribution in [0.3, 0.4) is 0 Å². The quantitative estimate of drug-likeness (QED) is 0.849. The van der Waals surface area contributed by atoms with Gasteiger partial charge in [0.2, 0.25) is 5.91 Å². The van der Waals surface area contributed by atoms with Crippen LogP contribution in [-0.4, -0.2) is 28.9 Å². The maximum Gasteiger partial charge on any atom is 0.230 e. The third-order valence-corrected chi connectivity index (χ3v) is 5.46. The van der Waals surface area contributed by atoms with Crippen molar-refractivity contribution in [2.24, 2.45) is 0 Å². The van der Waals surface area contributed by atoms with E-state index in [1.165, 1.54) is 16.7 Å². The standard InChI is InChI=1S/C20H23NO2S/c22-19(14-24-13-16-6-2-1-3-7-16)21-15-20(23)11-10-17-8-4-5-9-18(17)12-20/h1-9,23H,10-15H2,(H,21,22)/t20-/m0/s1. The van der Waals surface area contributed by atoms with Crippen LogP contribution in [0.4, 0.5) is 0 Å². The molecule has 2 aromatic rings. The van der Waals surface area contributed by atoms with Crippen LogP contribution in [0.1, 0.15) is 23.1 Å². The van der Waals surface area contributed by atoms with Crippen LogP contribution >= 0.6 is 11.8 Å². The molecule has 2 N–H and O–H groups in total. The van der Waals surface area contributed by atoms with Gasteiger partial charge >= 0.3 is 0 Å². The molecule has 24 heavy (non-hydrogen) atoms. The van der Waals surface area contributed by atoms with E-state index in [0.717, 1.165) is 12.2 Å². The molecule has 0 heterocycles. The summed E-state index contributed by atoms with van der Waals surface area (Å²) in [5, 5.41) is 13.6. The molecule has 4 heteroatoms. The molecule has 0 saturated heterocycles. The monoisotopic (exact) mass is 341 g/mol. The van der Waals surface area contributed by atoms with Crippen LogP contribution < -0.4 is 5.32 Å². The zero-order valence-electron chi connectivity index (χ0n) is 13.7. The summed E-state index contributed by atoms with van der Waals surface area (Å²) in [4.78, 5) is 12.0. The Kier molecular flexibility index (Phi) is 5.59. The van der Waals surface area contributed by atoms with Crippen LogP contribution in [0, 0.1) is 0 Å². The lowest BCUT2D eigenvalue weighted by atomic mass is 9.80. The van der Waals surface area contributed by atoms with E-state index in [1.54, 1.807) is 11.8 Å². The predicted octanol–water partition coefficient (Wildman–Crippen LogP) is 2.96. The van der Waals surface area contributed by atoms with E-state index >= 15 is 0 Å². The van der Waals surface area contributed by atoms with Gasteiger partial charge in [0.25, 0.3) is 0 Å². The van der Waals surface area contributed by atoms with Gasteiger partial charge in [0, 0.05) is 18.7 Å². The van der Waals surface area contributed by atoms with Gasteiger partial charge in [0.1, 0.15) is 0 Å². The second kappa shape index (κ2) is 7.86. The number of hydrogen-bond acceptors (Lipinski definition) is 3. The molecule has 0 bridgehead atoms. The van der Waals surface area contributed by atoms with Crippen molar-refractivity contribution in [1.29, 1.82) is 0 Å². The van der Waals surface area contributed by atoms with Gasteiger partial charge in [-0.3, -0.25) is 4.79 Å². The summed E-state index contributed by atoms with van der Waals surface area (Å²) < 4.78 is 0. The SMILES string of the molecule is O=C(CSCc1ccccc1)NC[C@]1(O)CCc2ccccc2C1. The van der Waals surface area contributed by atoms with Crippen molar-refractivity contribution >= 4 is 17.7 Å². The molecular formula is C20H23NO2S. The van der Waals surface area contributed by atoms with Crippen LogP contribution in [0.25, 0.3) is 0 Å². The molecule has 0 aromatic heterocycles. The van der Waals surface area contributed by atoms with E-state index in [4.69, 9.17) is 0 Å². The fourth-order valence-electron chi connectivity index (χ4n) is 3.08. The smallest absolute Gasteiger partial charge is 0.230 e. The lowest BCUT2D eigenvalue weighted by Gasteiger charge is -2.33. The number of fused-ring (bicyclic) bond motifs is 1. The number of aliphatic hydroxyl groups is 1. The summed E-state index contributed by atoms with van der Waals surface area (Å²) in [7, 11) is 0. The largest absolute Gasteiger partial charge is 0.388 e. The molecule has 0 spiro atoms. The Hall–Kier alpha value is -1.78. The highest BCUT2D eigenvalue weighted by molar-refractivity contribution is 7.99. The molecule has 3 nitrogen and oxygen atoms in total. The van der Waals surface area contributed by atoms with Crippen molar-refractivity contribution in [2.45, 2.75) is 30.6 Å². The highest BCUT2D eigenvalue weighted by Crippen LogP contribution is 2.28. The van der Waals surface area contributed by atoms with Crippen LogP contribution in [-0.2, 0) is 23.4 Å². The van der Waals surface area contributed by atoms with Gasteiger partial charge < -0.3 is 10.4 Å². The van der Waals surface area contributed by atoms with E-state index in [0.29, 0.717) is 25.1 Å². The maximum atomic E-state index is 12.0. The van der Waals surface area contributed by atoms with E-state index < -0.39 is 5.60 Å². The predicted molar refractivity (Wildman–Crippen MR) is 99.0 cm³/mol. The molecule has 126 valence electrons. The molecule has 0 radical (unpaired) electrons. The lowest BCUT2D eigenvalue weighted by molar-refractivity contribution is -0.119.